The van der Waals surface area contributed by atoms with Gasteiger partial charge < -0.3 is 15.7 Å². The van der Waals surface area contributed by atoms with Gasteiger partial charge in [-0.1, -0.05) is 24.3 Å². The minimum absolute atomic E-state index is 0.0659. The lowest BCUT2D eigenvalue weighted by molar-refractivity contribution is -0.129. The summed E-state index contributed by atoms with van der Waals surface area (Å²) < 4.78 is 0. The molecule has 0 saturated carbocycles. The molecule has 0 aliphatic heterocycles. The van der Waals surface area contributed by atoms with Crippen molar-refractivity contribution in [3.8, 4) is 0 Å². The van der Waals surface area contributed by atoms with Gasteiger partial charge in [0.15, 0.2) is 0 Å². The summed E-state index contributed by atoms with van der Waals surface area (Å²) in [6, 6.07) is 7.75. The SMILES string of the molecule is CC(O)CCN(C)C(=O)Cc1ccc(CN)cc1. The highest BCUT2D eigenvalue weighted by atomic mass is 16.3. The van der Waals surface area contributed by atoms with E-state index in [1.807, 2.05) is 24.3 Å². The van der Waals surface area contributed by atoms with Crippen molar-refractivity contribution < 1.29 is 9.90 Å². The smallest absolute Gasteiger partial charge is 0.226 e. The van der Waals surface area contributed by atoms with Gasteiger partial charge in [0, 0.05) is 20.1 Å². The maximum Gasteiger partial charge on any atom is 0.226 e. The molecule has 4 heteroatoms. The van der Waals surface area contributed by atoms with Gasteiger partial charge in [-0.25, -0.2) is 0 Å². The molecule has 3 N–H and O–H groups in total. The van der Waals surface area contributed by atoms with E-state index in [1.165, 1.54) is 0 Å². The van der Waals surface area contributed by atoms with Crippen LogP contribution in [0.4, 0.5) is 0 Å². The van der Waals surface area contributed by atoms with E-state index in [4.69, 9.17) is 5.73 Å². The number of carbonyl (C=O) groups excluding carboxylic acids is 1. The van der Waals surface area contributed by atoms with Gasteiger partial charge in [-0.15, -0.1) is 0 Å². The highest BCUT2D eigenvalue weighted by Crippen LogP contribution is 2.06. The molecule has 1 atom stereocenters. The summed E-state index contributed by atoms with van der Waals surface area (Å²) in [6.07, 6.45) is 0.624. The Morgan fingerprint density at radius 3 is 2.39 bits per heavy atom. The molecule has 1 aromatic rings. The fraction of sp³-hybridized carbons (Fsp3) is 0.500. The molecule has 0 saturated heterocycles. The lowest BCUT2D eigenvalue weighted by Crippen LogP contribution is -2.30. The van der Waals surface area contributed by atoms with Gasteiger partial charge in [0.25, 0.3) is 0 Å². The minimum atomic E-state index is -0.371. The monoisotopic (exact) mass is 250 g/mol. The largest absolute Gasteiger partial charge is 0.393 e. The van der Waals surface area contributed by atoms with Crippen LogP contribution < -0.4 is 5.73 Å². The average molecular weight is 250 g/mol. The molecule has 0 aliphatic rings. The fourth-order valence-electron chi connectivity index (χ4n) is 1.61. The predicted octanol–water partition coefficient (Wildman–Crippen LogP) is 0.917. The van der Waals surface area contributed by atoms with Crippen molar-refractivity contribution in [1.29, 1.82) is 0 Å². The number of aliphatic hydroxyl groups excluding tert-OH is 1. The zero-order valence-corrected chi connectivity index (χ0v) is 11.1. The topological polar surface area (TPSA) is 66.6 Å². The van der Waals surface area contributed by atoms with Crippen LogP contribution in [0.3, 0.4) is 0 Å². The third-order valence-electron chi connectivity index (χ3n) is 2.92. The summed E-state index contributed by atoms with van der Waals surface area (Å²) in [7, 11) is 1.76. The number of nitrogens with zero attached hydrogens (tertiary/aromatic N) is 1. The third-order valence-corrected chi connectivity index (χ3v) is 2.92. The standard InChI is InChI=1S/C14H22N2O2/c1-11(17)7-8-16(2)14(18)9-12-3-5-13(10-15)6-4-12/h3-6,11,17H,7-10,15H2,1-2H3. The molecule has 1 unspecified atom stereocenters. The van der Waals surface area contributed by atoms with E-state index in [2.05, 4.69) is 0 Å². The van der Waals surface area contributed by atoms with Gasteiger partial charge >= 0.3 is 0 Å². The van der Waals surface area contributed by atoms with Gasteiger partial charge in [-0.3, -0.25) is 4.79 Å². The first kappa shape index (κ1) is 14.7. The summed E-state index contributed by atoms with van der Waals surface area (Å²) in [5.41, 5.74) is 7.57. The Hall–Kier alpha value is -1.39. The second kappa shape index (κ2) is 7.13. The molecule has 4 nitrogen and oxygen atoms in total. The summed E-state index contributed by atoms with van der Waals surface area (Å²) >= 11 is 0. The fourth-order valence-corrected chi connectivity index (χ4v) is 1.61. The van der Waals surface area contributed by atoms with Crippen LogP contribution in [0.5, 0.6) is 0 Å². The lowest BCUT2D eigenvalue weighted by Gasteiger charge is -2.18. The molecule has 1 aromatic carbocycles. The zero-order chi connectivity index (χ0) is 13.5. The van der Waals surface area contributed by atoms with Crippen LogP contribution in [0, 0.1) is 0 Å². The average Bonchev–Trinajstić information content (AvgIpc) is 2.36. The van der Waals surface area contributed by atoms with Crippen LogP contribution >= 0.6 is 0 Å². The van der Waals surface area contributed by atoms with Crippen molar-refractivity contribution in [2.24, 2.45) is 5.73 Å². The molecule has 0 spiro atoms. The van der Waals surface area contributed by atoms with Crippen LogP contribution in [0.2, 0.25) is 0 Å². The van der Waals surface area contributed by atoms with E-state index >= 15 is 0 Å². The molecule has 100 valence electrons. The van der Waals surface area contributed by atoms with Crippen molar-refractivity contribution >= 4 is 5.91 Å². The second-order valence-corrected chi connectivity index (χ2v) is 4.65. The van der Waals surface area contributed by atoms with Crippen LogP contribution in [0.1, 0.15) is 24.5 Å². The molecule has 0 aliphatic carbocycles. The number of nitrogens with two attached hydrogens (primary N) is 1. The molecule has 0 heterocycles. The molecule has 0 bridgehead atoms. The number of likely N-dealkylation sites (N-methyl/N-ethyl adjacent to an activating group) is 1. The highest BCUT2D eigenvalue weighted by Gasteiger charge is 2.10. The van der Waals surface area contributed by atoms with Crippen LogP contribution in [-0.4, -0.2) is 35.6 Å². The van der Waals surface area contributed by atoms with E-state index in [1.54, 1.807) is 18.9 Å². The number of aliphatic hydroxyl groups is 1. The van der Waals surface area contributed by atoms with Crippen molar-refractivity contribution in [2.45, 2.75) is 32.4 Å². The highest BCUT2D eigenvalue weighted by molar-refractivity contribution is 5.78. The Balaban J connectivity index is 2.47. The number of hydrogen-bond acceptors (Lipinski definition) is 3. The van der Waals surface area contributed by atoms with E-state index in [0.717, 1.165) is 11.1 Å². The van der Waals surface area contributed by atoms with E-state index in [-0.39, 0.29) is 12.0 Å². The Kier molecular flexibility index (Phi) is 5.82. The summed E-state index contributed by atoms with van der Waals surface area (Å²) in [5.74, 6) is 0.0659. The van der Waals surface area contributed by atoms with Crippen molar-refractivity contribution in [1.82, 2.24) is 4.90 Å². The number of hydrogen-bond donors (Lipinski definition) is 2. The van der Waals surface area contributed by atoms with Gasteiger partial charge in [0.05, 0.1) is 12.5 Å². The maximum atomic E-state index is 11.9. The quantitative estimate of drug-likeness (QED) is 0.789. The normalized spacial score (nSPS) is 12.2. The Bertz CT molecular complexity index is 374. The second-order valence-electron chi connectivity index (χ2n) is 4.65. The first-order valence-electron chi connectivity index (χ1n) is 6.23. The van der Waals surface area contributed by atoms with Crippen molar-refractivity contribution in [3.63, 3.8) is 0 Å². The first-order chi connectivity index (χ1) is 8.52. The van der Waals surface area contributed by atoms with E-state index in [9.17, 15) is 9.90 Å². The van der Waals surface area contributed by atoms with Crippen LogP contribution in [-0.2, 0) is 17.8 Å². The molecule has 0 fully saturated rings. The molecule has 1 rings (SSSR count). The Labute approximate surface area is 108 Å². The zero-order valence-electron chi connectivity index (χ0n) is 11.1. The van der Waals surface area contributed by atoms with Gasteiger partial charge in [-0.05, 0) is 24.5 Å². The number of carbonyl (C=O) groups is 1. The first-order valence-corrected chi connectivity index (χ1v) is 6.23. The van der Waals surface area contributed by atoms with E-state index in [0.29, 0.717) is 25.9 Å². The molecule has 18 heavy (non-hydrogen) atoms. The minimum Gasteiger partial charge on any atom is -0.393 e. The Morgan fingerprint density at radius 1 is 1.33 bits per heavy atom. The Morgan fingerprint density at radius 2 is 1.89 bits per heavy atom. The summed E-state index contributed by atoms with van der Waals surface area (Å²) in [5, 5.41) is 9.18. The maximum absolute atomic E-state index is 11.9. The number of amides is 1. The summed E-state index contributed by atoms with van der Waals surface area (Å²) in [6.45, 7) is 2.82. The van der Waals surface area contributed by atoms with Crippen molar-refractivity contribution in [2.75, 3.05) is 13.6 Å². The van der Waals surface area contributed by atoms with Gasteiger partial charge in [0.1, 0.15) is 0 Å². The number of benzene rings is 1. The van der Waals surface area contributed by atoms with Crippen LogP contribution in [0.25, 0.3) is 0 Å². The molecule has 1 amide bonds. The van der Waals surface area contributed by atoms with Crippen LogP contribution in [0.15, 0.2) is 24.3 Å². The summed E-state index contributed by atoms with van der Waals surface area (Å²) in [4.78, 5) is 13.6. The van der Waals surface area contributed by atoms with Gasteiger partial charge in [-0.2, -0.15) is 0 Å². The molecular formula is C14H22N2O2. The third kappa shape index (κ3) is 4.85. The van der Waals surface area contributed by atoms with E-state index < -0.39 is 0 Å². The molecule has 0 radical (unpaired) electrons. The lowest BCUT2D eigenvalue weighted by atomic mass is 10.1. The molecular weight excluding hydrogens is 228 g/mol. The molecule has 0 aromatic heterocycles. The van der Waals surface area contributed by atoms with Crippen molar-refractivity contribution in [3.05, 3.63) is 35.4 Å². The predicted molar refractivity (Wildman–Crippen MR) is 72.0 cm³/mol. The number of rotatable bonds is 6. The van der Waals surface area contributed by atoms with Gasteiger partial charge in [0.2, 0.25) is 5.91 Å².